The number of hydrogen-bond acceptors (Lipinski definition) is 2. The van der Waals surface area contributed by atoms with Crippen molar-refractivity contribution in [1.29, 1.82) is 0 Å². The minimum atomic E-state index is -0.350. The van der Waals surface area contributed by atoms with Gasteiger partial charge in [0.15, 0.2) is 0 Å². The minimum absolute atomic E-state index is 0.350. The Hall–Kier alpha value is -2.26. The number of carbonyl (C=O) groups excluding carboxylic acids is 1. The Morgan fingerprint density at radius 1 is 0.963 bits per heavy atom. The second-order valence-electron chi connectivity index (χ2n) is 7.10. The molecule has 0 aliphatic rings. The predicted molar refractivity (Wildman–Crippen MR) is 115 cm³/mol. The van der Waals surface area contributed by atoms with E-state index in [4.69, 9.17) is 17.3 Å². The van der Waals surface area contributed by atoms with Crippen LogP contribution in [0.4, 0.5) is 5.69 Å². The molecule has 0 aliphatic heterocycles. The van der Waals surface area contributed by atoms with Gasteiger partial charge in [0.05, 0.1) is 5.92 Å². The van der Waals surface area contributed by atoms with Crippen LogP contribution in [0.25, 0.3) is 0 Å². The first-order valence-electron chi connectivity index (χ1n) is 9.19. The predicted octanol–water partition coefficient (Wildman–Crippen LogP) is 4.98. The third-order valence-electron chi connectivity index (χ3n) is 4.49. The maximum Gasteiger partial charge on any atom is 0.226 e. The van der Waals surface area contributed by atoms with Crippen LogP contribution in [-0.4, -0.2) is 19.0 Å². The van der Waals surface area contributed by atoms with Gasteiger partial charge in [-0.3, -0.25) is 4.79 Å². The number of hydrogen-bond donors (Lipinski definition) is 1. The average molecular weight is 384 g/mol. The molecular formula is C23H28ClN2O. The van der Waals surface area contributed by atoms with E-state index in [-0.39, 0.29) is 5.91 Å². The van der Waals surface area contributed by atoms with E-state index in [1.807, 2.05) is 12.1 Å². The van der Waals surface area contributed by atoms with Gasteiger partial charge in [-0.05, 0) is 69.0 Å². The summed E-state index contributed by atoms with van der Waals surface area (Å²) in [5.41, 5.74) is 10.3. The molecule has 0 aliphatic carbocycles. The van der Waals surface area contributed by atoms with E-state index in [9.17, 15) is 4.79 Å². The average Bonchev–Trinajstić information content (AvgIpc) is 2.64. The lowest BCUT2D eigenvalue weighted by molar-refractivity contribution is -0.116. The van der Waals surface area contributed by atoms with Crippen LogP contribution >= 0.6 is 11.6 Å². The summed E-state index contributed by atoms with van der Waals surface area (Å²) in [5, 5.41) is 0.766. The van der Waals surface area contributed by atoms with Crippen molar-refractivity contribution in [2.75, 3.05) is 18.0 Å². The first-order valence-corrected chi connectivity index (χ1v) is 9.57. The lowest BCUT2D eigenvalue weighted by Crippen LogP contribution is -2.33. The Balaban J connectivity index is 2.04. The van der Waals surface area contributed by atoms with E-state index >= 15 is 0 Å². The van der Waals surface area contributed by atoms with Crippen molar-refractivity contribution < 1.29 is 4.79 Å². The fourth-order valence-corrected chi connectivity index (χ4v) is 2.86. The second kappa shape index (κ2) is 10.2. The molecule has 27 heavy (non-hydrogen) atoms. The number of nitrogens with zero attached hydrogens (tertiary/aromatic N) is 1. The fourth-order valence-electron chi connectivity index (χ4n) is 2.73. The van der Waals surface area contributed by atoms with Crippen LogP contribution in [0.15, 0.2) is 60.2 Å². The molecule has 2 aromatic carbocycles. The van der Waals surface area contributed by atoms with Gasteiger partial charge in [0.25, 0.3) is 0 Å². The third kappa shape index (κ3) is 7.10. The number of nitrogens with two attached hydrogens (primary N) is 1. The van der Waals surface area contributed by atoms with Gasteiger partial charge in [0, 0.05) is 23.8 Å². The number of benzene rings is 2. The number of primary amides is 1. The normalized spacial score (nSPS) is 10.7. The molecule has 2 N–H and O–H groups in total. The summed E-state index contributed by atoms with van der Waals surface area (Å²) in [5.74, 6) is 0.306. The number of carbonyl (C=O) groups is 1. The Morgan fingerprint density at radius 2 is 1.48 bits per heavy atom. The van der Waals surface area contributed by atoms with Crippen molar-refractivity contribution in [2.24, 2.45) is 5.73 Å². The quantitative estimate of drug-likeness (QED) is 0.621. The van der Waals surface area contributed by atoms with Gasteiger partial charge < -0.3 is 10.6 Å². The molecule has 2 aromatic rings. The Labute approximate surface area is 167 Å². The molecule has 0 unspecified atom stereocenters. The Bertz CT molecular complexity index is 762. The van der Waals surface area contributed by atoms with Crippen molar-refractivity contribution in [1.82, 2.24) is 0 Å². The van der Waals surface area contributed by atoms with Crippen molar-refractivity contribution in [3.8, 4) is 0 Å². The maximum atomic E-state index is 11.4. The van der Waals surface area contributed by atoms with Crippen LogP contribution in [0.3, 0.4) is 0 Å². The van der Waals surface area contributed by atoms with Crippen LogP contribution in [0, 0.1) is 5.92 Å². The summed E-state index contributed by atoms with van der Waals surface area (Å²) < 4.78 is 0. The molecule has 0 heterocycles. The first kappa shape index (κ1) is 21.0. The van der Waals surface area contributed by atoms with E-state index in [1.54, 1.807) is 6.92 Å². The Kier molecular flexibility index (Phi) is 7.93. The summed E-state index contributed by atoms with van der Waals surface area (Å²) in [6, 6.07) is 16.5. The summed E-state index contributed by atoms with van der Waals surface area (Å²) >= 11 is 5.94. The van der Waals surface area contributed by atoms with Crippen molar-refractivity contribution in [3.05, 3.63) is 82.2 Å². The molecule has 0 fully saturated rings. The zero-order valence-electron chi connectivity index (χ0n) is 16.3. The highest BCUT2D eigenvalue weighted by Crippen LogP contribution is 2.19. The van der Waals surface area contributed by atoms with Gasteiger partial charge in [0.1, 0.15) is 0 Å². The number of aryl methyl sites for hydroxylation is 2. The first-order chi connectivity index (χ1) is 12.8. The lowest BCUT2D eigenvalue weighted by Gasteiger charge is -2.26. The summed E-state index contributed by atoms with van der Waals surface area (Å²) in [4.78, 5) is 13.6. The molecule has 0 saturated heterocycles. The minimum Gasteiger partial charge on any atom is -0.369 e. The topological polar surface area (TPSA) is 46.3 Å². The largest absolute Gasteiger partial charge is 0.369 e. The molecule has 0 spiro atoms. The van der Waals surface area contributed by atoms with Gasteiger partial charge in [0.2, 0.25) is 5.91 Å². The summed E-state index contributed by atoms with van der Waals surface area (Å²) in [7, 11) is 0. The molecular weight excluding hydrogens is 356 g/mol. The van der Waals surface area contributed by atoms with Crippen molar-refractivity contribution >= 4 is 23.2 Å². The monoisotopic (exact) mass is 383 g/mol. The number of rotatable bonds is 9. The van der Waals surface area contributed by atoms with Crippen molar-refractivity contribution in [3.63, 3.8) is 0 Å². The highest BCUT2D eigenvalue weighted by molar-refractivity contribution is 6.30. The third-order valence-corrected chi connectivity index (χ3v) is 4.74. The molecule has 2 rings (SSSR count). The van der Waals surface area contributed by atoms with Gasteiger partial charge in [-0.25, -0.2) is 0 Å². The molecule has 143 valence electrons. The van der Waals surface area contributed by atoms with Gasteiger partial charge in [-0.2, -0.15) is 0 Å². The number of amides is 1. The molecule has 0 aromatic heterocycles. The fraction of sp³-hybridized carbons (Fsp3) is 0.304. The SMILES string of the molecule is C[C](CN(CC=C(C)C)c1ccc(CCc2ccc(Cl)cc2)cc1)C(N)=O. The van der Waals surface area contributed by atoms with Crippen LogP contribution in [0.5, 0.6) is 0 Å². The van der Waals surface area contributed by atoms with E-state index in [0.717, 1.165) is 30.1 Å². The van der Waals surface area contributed by atoms with Crippen LogP contribution < -0.4 is 10.6 Å². The summed E-state index contributed by atoms with van der Waals surface area (Å²) in [6.07, 6.45) is 4.11. The highest BCUT2D eigenvalue weighted by atomic mass is 35.5. The number of anilines is 1. The molecule has 0 atom stereocenters. The van der Waals surface area contributed by atoms with Crippen LogP contribution in [-0.2, 0) is 17.6 Å². The smallest absolute Gasteiger partial charge is 0.226 e. The van der Waals surface area contributed by atoms with E-state index < -0.39 is 0 Å². The highest BCUT2D eigenvalue weighted by Gasteiger charge is 2.15. The van der Waals surface area contributed by atoms with E-state index in [2.05, 4.69) is 61.2 Å². The zero-order valence-corrected chi connectivity index (χ0v) is 17.1. The standard InChI is InChI=1S/C23H28ClN2O/c1-17(2)14-15-26(16-18(3)23(25)27)22-12-8-20(9-13-22)5-4-19-6-10-21(24)11-7-19/h6-14H,4-5,15-16H2,1-3H3,(H2,25,27). The van der Waals surface area contributed by atoms with Crippen LogP contribution in [0.2, 0.25) is 5.02 Å². The lowest BCUT2D eigenvalue weighted by atomic mass is 10.0. The Morgan fingerprint density at radius 3 is 1.96 bits per heavy atom. The maximum absolute atomic E-state index is 11.4. The molecule has 1 amide bonds. The second-order valence-corrected chi connectivity index (χ2v) is 7.54. The van der Waals surface area contributed by atoms with Gasteiger partial charge >= 0.3 is 0 Å². The van der Waals surface area contributed by atoms with Crippen molar-refractivity contribution in [2.45, 2.75) is 33.6 Å². The molecule has 3 nitrogen and oxygen atoms in total. The van der Waals surface area contributed by atoms with Crippen LogP contribution in [0.1, 0.15) is 31.9 Å². The number of allylic oxidation sites excluding steroid dienone is 1. The molecule has 0 saturated carbocycles. The molecule has 1 radical (unpaired) electrons. The molecule has 0 bridgehead atoms. The number of halogens is 1. The van der Waals surface area contributed by atoms with E-state index in [1.165, 1.54) is 16.7 Å². The van der Waals surface area contributed by atoms with Gasteiger partial charge in [-0.15, -0.1) is 0 Å². The van der Waals surface area contributed by atoms with Gasteiger partial charge in [-0.1, -0.05) is 47.5 Å². The summed E-state index contributed by atoms with van der Waals surface area (Å²) in [6.45, 7) is 7.21. The zero-order chi connectivity index (χ0) is 19.8. The molecule has 4 heteroatoms. The van der Waals surface area contributed by atoms with E-state index in [0.29, 0.717) is 12.5 Å².